The van der Waals surface area contributed by atoms with Gasteiger partial charge >= 0.3 is 11.9 Å². The van der Waals surface area contributed by atoms with Gasteiger partial charge in [-0.15, -0.1) is 0 Å². The van der Waals surface area contributed by atoms with Crippen LogP contribution in [0.5, 0.6) is 11.5 Å². The van der Waals surface area contributed by atoms with Gasteiger partial charge in [0.15, 0.2) is 0 Å². The first kappa shape index (κ1) is 32.7. The predicted molar refractivity (Wildman–Crippen MR) is 153 cm³/mol. The summed E-state index contributed by atoms with van der Waals surface area (Å²) in [6.45, 7) is 8.42. The molecule has 2 rings (SSSR count). The predicted octanol–water partition coefficient (Wildman–Crippen LogP) is 6.59. The molecule has 39 heavy (non-hydrogen) atoms. The van der Waals surface area contributed by atoms with Gasteiger partial charge in [0.2, 0.25) is 0 Å². The Hall–Kier alpha value is -2.48. The number of benzene rings is 1. The van der Waals surface area contributed by atoms with Crippen LogP contribution in [0.4, 0.5) is 0 Å². The number of rotatable bonds is 19. The molecule has 1 aromatic carbocycles. The first-order valence-corrected chi connectivity index (χ1v) is 14.6. The first-order valence-electron chi connectivity index (χ1n) is 14.6. The standard InChI is InChI=1S/C32H48O7/c1-4-5-6-7-8-9-10-11-12-13-26-14-16-28(17-15-26)37-23-27-18-29(38-31(35)24(2)21-33)20-30(19-27)39-32(36)25(3)22-34/h18-20,26,28,33-34H,2-17,21-23H2,1H3. The lowest BCUT2D eigenvalue weighted by Crippen LogP contribution is -2.21. The van der Waals surface area contributed by atoms with E-state index in [2.05, 4.69) is 20.1 Å². The highest BCUT2D eigenvalue weighted by Crippen LogP contribution is 2.31. The summed E-state index contributed by atoms with van der Waals surface area (Å²) in [5.74, 6) is -0.506. The van der Waals surface area contributed by atoms with Crippen molar-refractivity contribution >= 4 is 11.9 Å². The minimum atomic E-state index is -0.780. The van der Waals surface area contributed by atoms with Crippen LogP contribution in [0.2, 0.25) is 0 Å². The summed E-state index contributed by atoms with van der Waals surface area (Å²) in [6, 6.07) is 4.65. The van der Waals surface area contributed by atoms with Gasteiger partial charge in [0.25, 0.3) is 0 Å². The largest absolute Gasteiger partial charge is 0.423 e. The molecule has 1 aromatic rings. The topological polar surface area (TPSA) is 102 Å². The maximum atomic E-state index is 12.1. The van der Waals surface area contributed by atoms with Crippen molar-refractivity contribution < 1.29 is 34.0 Å². The van der Waals surface area contributed by atoms with Gasteiger partial charge in [-0.25, -0.2) is 9.59 Å². The molecule has 1 fully saturated rings. The Bertz CT molecular complexity index is 867. The molecule has 0 aromatic heterocycles. The van der Waals surface area contributed by atoms with Crippen LogP contribution >= 0.6 is 0 Å². The van der Waals surface area contributed by atoms with Crippen molar-refractivity contribution in [2.45, 2.75) is 110 Å². The summed E-state index contributed by atoms with van der Waals surface area (Å²) in [5.41, 5.74) is 0.482. The molecule has 0 heterocycles. The Morgan fingerprint density at radius 1 is 0.769 bits per heavy atom. The van der Waals surface area contributed by atoms with Crippen molar-refractivity contribution in [3.05, 3.63) is 48.1 Å². The Labute approximate surface area is 234 Å². The average molecular weight is 545 g/mol. The molecular formula is C32H48O7. The van der Waals surface area contributed by atoms with Gasteiger partial charge in [-0.05, 0) is 49.3 Å². The number of aliphatic hydroxyl groups is 2. The van der Waals surface area contributed by atoms with Crippen molar-refractivity contribution in [1.82, 2.24) is 0 Å². The minimum Gasteiger partial charge on any atom is -0.423 e. The van der Waals surface area contributed by atoms with E-state index in [9.17, 15) is 9.59 Å². The lowest BCUT2D eigenvalue weighted by molar-refractivity contribution is -0.131. The number of hydrogen-bond donors (Lipinski definition) is 2. The molecule has 0 aliphatic heterocycles. The third-order valence-corrected chi connectivity index (χ3v) is 7.32. The number of aliphatic hydroxyl groups excluding tert-OH is 2. The van der Waals surface area contributed by atoms with E-state index in [0.29, 0.717) is 5.56 Å². The molecule has 7 heteroatoms. The monoisotopic (exact) mass is 544 g/mol. The van der Waals surface area contributed by atoms with Crippen LogP contribution in [0.25, 0.3) is 0 Å². The summed E-state index contributed by atoms with van der Waals surface area (Å²) < 4.78 is 16.8. The van der Waals surface area contributed by atoms with Gasteiger partial charge in [0.1, 0.15) is 11.5 Å². The molecule has 0 spiro atoms. The lowest BCUT2D eigenvalue weighted by atomic mass is 9.84. The highest BCUT2D eigenvalue weighted by Gasteiger charge is 2.22. The molecule has 218 valence electrons. The molecule has 1 saturated carbocycles. The summed E-state index contributed by atoms with van der Waals surface area (Å²) >= 11 is 0. The van der Waals surface area contributed by atoms with Crippen molar-refractivity contribution in [3.63, 3.8) is 0 Å². The normalized spacial score (nSPS) is 17.0. The molecule has 0 atom stereocenters. The molecule has 0 unspecified atom stereocenters. The van der Waals surface area contributed by atoms with Crippen molar-refractivity contribution in [2.24, 2.45) is 5.92 Å². The van der Waals surface area contributed by atoms with E-state index >= 15 is 0 Å². The van der Waals surface area contributed by atoms with E-state index in [-0.39, 0.29) is 35.4 Å². The summed E-state index contributed by atoms with van der Waals surface area (Å²) in [6.07, 6.45) is 18.1. The zero-order valence-electron chi connectivity index (χ0n) is 23.8. The van der Waals surface area contributed by atoms with E-state index < -0.39 is 25.2 Å². The fourth-order valence-corrected chi connectivity index (χ4v) is 4.86. The molecule has 0 amide bonds. The molecule has 1 aliphatic rings. The Balaban J connectivity index is 1.80. The molecular weight excluding hydrogens is 496 g/mol. The van der Waals surface area contributed by atoms with Crippen LogP contribution < -0.4 is 9.47 Å². The van der Waals surface area contributed by atoms with Gasteiger partial charge in [-0.3, -0.25) is 0 Å². The van der Waals surface area contributed by atoms with Crippen LogP contribution in [-0.4, -0.2) is 41.5 Å². The number of unbranched alkanes of at least 4 members (excludes halogenated alkanes) is 8. The highest BCUT2D eigenvalue weighted by molar-refractivity contribution is 5.90. The van der Waals surface area contributed by atoms with E-state index in [1.165, 1.54) is 83.1 Å². The molecule has 0 saturated heterocycles. The second-order valence-electron chi connectivity index (χ2n) is 10.7. The molecule has 0 bridgehead atoms. The number of esters is 2. The van der Waals surface area contributed by atoms with E-state index in [4.69, 9.17) is 24.4 Å². The molecule has 2 N–H and O–H groups in total. The number of ether oxygens (including phenoxy) is 3. The summed E-state index contributed by atoms with van der Waals surface area (Å²) in [7, 11) is 0. The summed E-state index contributed by atoms with van der Waals surface area (Å²) in [4.78, 5) is 24.2. The third-order valence-electron chi connectivity index (χ3n) is 7.32. The molecule has 0 radical (unpaired) electrons. The van der Waals surface area contributed by atoms with Crippen LogP contribution in [0, 0.1) is 5.92 Å². The van der Waals surface area contributed by atoms with Gasteiger partial charge in [-0.1, -0.05) is 84.3 Å². The Morgan fingerprint density at radius 3 is 1.74 bits per heavy atom. The third kappa shape index (κ3) is 12.9. The highest BCUT2D eigenvalue weighted by atomic mass is 16.5. The van der Waals surface area contributed by atoms with Crippen LogP contribution in [0.1, 0.15) is 102 Å². The maximum absolute atomic E-state index is 12.1. The van der Waals surface area contributed by atoms with Gasteiger partial charge in [0, 0.05) is 6.07 Å². The fourth-order valence-electron chi connectivity index (χ4n) is 4.86. The van der Waals surface area contributed by atoms with E-state index in [1.807, 2.05) is 0 Å². The quantitative estimate of drug-likeness (QED) is 0.0876. The van der Waals surface area contributed by atoms with Gasteiger partial charge < -0.3 is 24.4 Å². The fraction of sp³-hybridized carbons (Fsp3) is 0.625. The van der Waals surface area contributed by atoms with Crippen molar-refractivity contribution in [2.75, 3.05) is 13.2 Å². The Morgan fingerprint density at radius 2 is 1.26 bits per heavy atom. The lowest BCUT2D eigenvalue weighted by Gasteiger charge is -2.28. The zero-order chi connectivity index (χ0) is 28.5. The molecule has 7 nitrogen and oxygen atoms in total. The second kappa shape index (κ2) is 18.7. The second-order valence-corrected chi connectivity index (χ2v) is 10.7. The summed E-state index contributed by atoms with van der Waals surface area (Å²) in [5, 5.41) is 18.3. The van der Waals surface area contributed by atoms with E-state index in [1.54, 1.807) is 12.1 Å². The SMILES string of the molecule is C=C(CO)C(=O)Oc1cc(COC2CCC(CCCCCCCCCCC)CC2)cc(OC(=O)C(=C)CO)c1. The smallest absolute Gasteiger partial charge is 0.341 e. The number of carbonyl (C=O) groups excluding carboxylic acids is 2. The minimum absolute atomic E-state index is 0.0944. The first-order chi connectivity index (χ1) is 18.9. The van der Waals surface area contributed by atoms with Crippen LogP contribution in [-0.2, 0) is 20.9 Å². The van der Waals surface area contributed by atoms with E-state index in [0.717, 1.165) is 18.8 Å². The number of hydrogen-bond acceptors (Lipinski definition) is 7. The van der Waals surface area contributed by atoms with Gasteiger partial charge in [0.05, 0.1) is 37.1 Å². The van der Waals surface area contributed by atoms with Crippen molar-refractivity contribution in [1.29, 1.82) is 0 Å². The van der Waals surface area contributed by atoms with Gasteiger partial charge in [-0.2, -0.15) is 0 Å². The molecule has 1 aliphatic carbocycles. The van der Waals surface area contributed by atoms with Crippen LogP contribution in [0.3, 0.4) is 0 Å². The van der Waals surface area contributed by atoms with Crippen molar-refractivity contribution in [3.8, 4) is 11.5 Å². The Kier molecular flexibility index (Phi) is 15.7. The zero-order valence-corrected chi connectivity index (χ0v) is 23.8. The van der Waals surface area contributed by atoms with Crippen LogP contribution in [0.15, 0.2) is 42.5 Å². The maximum Gasteiger partial charge on any atom is 0.341 e. The number of carbonyl (C=O) groups is 2. The average Bonchev–Trinajstić information content (AvgIpc) is 2.94.